The average molecular weight is 257 g/mol. The molecule has 0 bridgehead atoms. The number of nitrogens with two attached hydrogens (primary N) is 1. The molecule has 2 N–H and O–H groups in total. The topological polar surface area (TPSA) is 48.1 Å². The second kappa shape index (κ2) is 4.55. The molecule has 0 atom stereocenters. The third-order valence-corrected chi connectivity index (χ3v) is 2.57. The first-order chi connectivity index (χ1) is 8.15. The first-order valence-corrected chi connectivity index (χ1v) is 5.01. The second-order valence-corrected chi connectivity index (χ2v) is 3.63. The summed E-state index contributed by atoms with van der Waals surface area (Å²) in [6, 6.07) is 8.36. The van der Waals surface area contributed by atoms with Crippen LogP contribution in [0.4, 0.5) is 14.6 Å². The fourth-order valence-electron chi connectivity index (χ4n) is 1.38. The Morgan fingerprint density at radius 2 is 1.88 bits per heavy atom. The maximum absolute atomic E-state index is 13.8. The number of hydrogen-bond acceptors (Lipinski definition) is 3. The van der Waals surface area contributed by atoms with Crippen molar-refractivity contribution in [3.8, 4) is 17.1 Å². The Kier molecular flexibility index (Phi) is 3.10. The molecule has 0 spiro atoms. The first-order valence-electron chi connectivity index (χ1n) is 4.63. The molecule has 0 unspecified atom stereocenters. The van der Waals surface area contributed by atoms with Crippen LogP contribution in [0.3, 0.4) is 0 Å². The van der Waals surface area contributed by atoms with E-state index in [1.165, 1.54) is 0 Å². The van der Waals surface area contributed by atoms with Crippen LogP contribution < -0.4 is 10.7 Å². The first kappa shape index (κ1) is 11.6. The van der Waals surface area contributed by atoms with Gasteiger partial charge in [-0.05, 0) is 0 Å². The molecular weight excluding hydrogens is 250 g/mol. The average Bonchev–Trinajstić information content (AvgIpc) is 2.37. The van der Waals surface area contributed by atoms with Crippen LogP contribution in [0.15, 0.2) is 30.3 Å². The standard InChI is InChI=1S/C11H7ClF2N2O/c12-7-9(15)8(13)10(16-11(7)17-14)6-4-2-1-3-5-6/h1-5H,(H2,15,16). The van der Waals surface area contributed by atoms with E-state index in [4.69, 9.17) is 17.3 Å². The number of anilines is 1. The van der Waals surface area contributed by atoms with Crippen molar-refractivity contribution in [1.29, 1.82) is 0 Å². The summed E-state index contributed by atoms with van der Waals surface area (Å²) in [4.78, 5) is 7.09. The van der Waals surface area contributed by atoms with Gasteiger partial charge >= 0.3 is 0 Å². The van der Waals surface area contributed by atoms with Crippen LogP contribution in [-0.2, 0) is 0 Å². The van der Waals surface area contributed by atoms with Gasteiger partial charge in [0.2, 0.25) is 0 Å². The molecule has 1 aromatic carbocycles. The Morgan fingerprint density at radius 1 is 1.24 bits per heavy atom. The van der Waals surface area contributed by atoms with Gasteiger partial charge in [-0.2, -0.15) is 0 Å². The number of nitrogen functional groups attached to an aromatic ring is 1. The van der Waals surface area contributed by atoms with Crippen LogP contribution in [0.2, 0.25) is 5.02 Å². The molecule has 0 saturated heterocycles. The van der Waals surface area contributed by atoms with Crippen molar-refractivity contribution in [2.24, 2.45) is 0 Å². The third kappa shape index (κ3) is 2.01. The van der Waals surface area contributed by atoms with Gasteiger partial charge in [-0.1, -0.05) is 41.9 Å². The molecule has 0 aliphatic rings. The zero-order chi connectivity index (χ0) is 12.4. The molecule has 0 radical (unpaired) electrons. The lowest BCUT2D eigenvalue weighted by Crippen LogP contribution is -2.00. The summed E-state index contributed by atoms with van der Waals surface area (Å²) in [5, 5.41) is -0.385. The van der Waals surface area contributed by atoms with Crippen LogP contribution in [0.25, 0.3) is 11.3 Å². The van der Waals surface area contributed by atoms with Crippen molar-refractivity contribution in [3.05, 3.63) is 41.2 Å². The van der Waals surface area contributed by atoms with Gasteiger partial charge in [0.05, 0.1) is 5.69 Å². The quantitative estimate of drug-likeness (QED) is 0.896. The predicted molar refractivity (Wildman–Crippen MR) is 60.8 cm³/mol. The van der Waals surface area contributed by atoms with Gasteiger partial charge < -0.3 is 5.73 Å². The van der Waals surface area contributed by atoms with Crippen LogP contribution >= 0.6 is 11.6 Å². The van der Waals surface area contributed by atoms with Gasteiger partial charge in [-0.3, -0.25) is 4.94 Å². The molecule has 1 aromatic heterocycles. The molecule has 6 heteroatoms. The Hall–Kier alpha value is -1.88. The summed E-state index contributed by atoms with van der Waals surface area (Å²) in [7, 11) is 0. The van der Waals surface area contributed by atoms with E-state index in [1.54, 1.807) is 30.3 Å². The summed E-state index contributed by atoms with van der Waals surface area (Å²) in [6.45, 7) is 0. The van der Waals surface area contributed by atoms with Crippen molar-refractivity contribution in [1.82, 2.24) is 4.98 Å². The molecule has 1 heterocycles. The molecule has 17 heavy (non-hydrogen) atoms. The van der Waals surface area contributed by atoms with Crippen molar-refractivity contribution >= 4 is 17.3 Å². The Labute approximate surface area is 101 Å². The lowest BCUT2D eigenvalue weighted by molar-refractivity contribution is -0.0116. The highest BCUT2D eigenvalue weighted by molar-refractivity contribution is 6.34. The summed E-state index contributed by atoms with van der Waals surface area (Å²) in [6.07, 6.45) is 0. The summed E-state index contributed by atoms with van der Waals surface area (Å²) < 4.78 is 26.0. The van der Waals surface area contributed by atoms with Gasteiger partial charge in [0.1, 0.15) is 10.7 Å². The molecule has 3 nitrogen and oxygen atoms in total. The fraction of sp³-hybridized carbons (Fsp3) is 0. The minimum Gasteiger partial charge on any atom is -0.395 e. The maximum Gasteiger partial charge on any atom is 0.284 e. The number of benzene rings is 1. The number of hydrogen-bond donors (Lipinski definition) is 1. The molecule has 2 aromatic rings. The molecular formula is C11H7ClF2N2O. The summed E-state index contributed by atoms with van der Waals surface area (Å²) in [5.41, 5.74) is 5.35. The Balaban J connectivity index is 2.67. The van der Waals surface area contributed by atoms with Crippen LogP contribution in [0.1, 0.15) is 0 Å². The molecule has 2 rings (SSSR count). The van der Waals surface area contributed by atoms with E-state index < -0.39 is 17.4 Å². The second-order valence-electron chi connectivity index (χ2n) is 3.25. The van der Waals surface area contributed by atoms with E-state index in [0.717, 1.165) is 0 Å². The Bertz CT molecular complexity index is 549. The number of aromatic nitrogens is 1. The molecule has 0 saturated carbocycles. The van der Waals surface area contributed by atoms with Crippen LogP contribution in [0, 0.1) is 5.82 Å². The van der Waals surface area contributed by atoms with Gasteiger partial charge in [0, 0.05) is 10.1 Å². The van der Waals surface area contributed by atoms with Crippen LogP contribution in [0.5, 0.6) is 5.88 Å². The minimum atomic E-state index is -0.804. The monoisotopic (exact) mass is 256 g/mol. The molecule has 0 aliphatic carbocycles. The SMILES string of the molecule is Nc1c(F)c(-c2ccccc2)nc(OF)c1Cl. The van der Waals surface area contributed by atoms with E-state index in [-0.39, 0.29) is 10.7 Å². The maximum atomic E-state index is 13.8. The highest BCUT2D eigenvalue weighted by Gasteiger charge is 2.19. The van der Waals surface area contributed by atoms with Crippen molar-refractivity contribution in [2.45, 2.75) is 0 Å². The van der Waals surface area contributed by atoms with E-state index >= 15 is 0 Å². The van der Waals surface area contributed by atoms with E-state index in [1.807, 2.05) is 0 Å². The van der Waals surface area contributed by atoms with Crippen LogP contribution in [-0.4, -0.2) is 4.98 Å². The van der Waals surface area contributed by atoms with Crippen molar-refractivity contribution < 1.29 is 13.9 Å². The van der Waals surface area contributed by atoms with E-state index in [0.29, 0.717) is 5.56 Å². The number of nitrogens with zero attached hydrogens (tertiary/aromatic N) is 1. The predicted octanol–water partition coefficient (Wildman–Crippen LogP) is 3.39. The highest BCUT2D eigenvalue weighted by Crippen LogP contribution is 2.35. The fourth-order valence-corrected chi connectivity index (χ4v) is 1.53. The lowest BCUT2D eigenvalue weighted by Gasteiger charge is -2.08. The largest absolute Gasteiger partial charge is 0.395 e. The summed E-state index contributed by atoms with van der Waals surface area (Å²) in [5.74, 6) is -1.36. The molecule has 0 aliphatic heterocycles. The van der Waals surface area contributed by atoms with Gasteiger partial charge in [0.25, 0.3) is 5.88 Å². The normalized spacial score (nSPS) is 10.3. The number of rotatable bonds is 2. The van der Waals surface area contributed by atoms with Gasteiger partial charge in [-0.25, -0.2) is 9.37 Å². The smallest absolute Gasteiger partial charge is 0.284 e. The van der Waals surface area contributed by atoms with Crippen molar-refractivity contribution in [3.63, 3.8) is 0 Å². The zero-order valence-electron chi connectivity index (χ0n) is 8.45. The number of pyridine rings is 1. The van der Waals surface area contributed by atoms with Gasteiger partial charge in [0.15, 0.2) is 5.82 Å². The molecule has 0 amide bonds. The van der Waals surface area contributed by atoms with Crippen molar-refractivity contribution in [2.75, 3.05) is 5.73 Å². The number of halogens is 3. The third-order valence-electron chi connectivity index (χ3n) is 2.20. The molecule has 88 valence electrons. The zero-order valence-corrected chi connectivity index (χ0v) is 9.21. The van der Waals surface area contributed by atoms with E-state index in [2.05, 4.69) is 9.93 Å². The molecule has 0 fully saturated rings. The van der Waals surface area contributed by atoms with Gasteiger partial charge in [-0.15, -0.1) is 0 Å². The lowest BCUT2D eigenvalue weighted by atomic mass is 10.1. The Morgan fingerprint density at radius 3 is 2.47 bits per heavy atom. The minimum absolute atomic E-state index is 0.111. The highest BCUT2D eigenvalue weighted by atomic mass is 35.5. The summed E-state index contributed by atoms with van der Waals surface area (Å²) >= 11 is 5.57. The van der Waals surface area contributed by atoms with E-state index in [9.17, 15) is 8.92 Å².